The van der Waals surface area contributed by atoms with Gasteiger partial charge >= 0.3 is 0 Å². The standard InChI is InChI=1S/C13H18N4O2S/c1-14-11(18)10-5-3-4-6-17(10)12(19)9-7-15-13(20-2)16-8-9/h7-8,10H,3-6H2,1-2H3,(H,14,18). The number of hydrogen-bond donors (Lipinski definition) is 1. The van der Waals surface area contributed by atoms with Gasteiger partial charge in [0.15, 0.2) is 5.16 Å². The molecule has 1 aromatic heterocycles. The molecule has 0 aromatic carbocycles. The maximum atomic E-state index is 12.5. The molecule has 1 unspecified atom stereocenters. The van der Waals surface area contributed by atoms with Crippen LogP contribution in [0.3, 0.4) is 0 Å². The van der Waals surface area contributed by atoms with Gasteiger partial charge < -0.3 is 10.2 Å². The SMILES string of the molecule is CNC(=O)C1CCCCN1C(=O)c1cnc(SC)nc1. The van der Waals surface area contributed by atoms with Crippen molar-refractivity contribution in [1.82, 2.24) is 20.2 Å². The van der Waals surface area contributed by atoms with Crippen molar-refractivity contribution in [2.45, 2.75) is 30.5 Å². The summed E-state index contributed by atoms with van der Waals surface area (Å²) in [6.45, 7) is 0.598. The molecule has 0 saturated carbocycles. The fourth-order valence-electron chi connectivity index (χ4n) is 2.31. The molecular formula is C13H18N4O2S. The predicted octanol–water partition coefficient (Wildman–Crippen LogP) is 0.939. The summed E-state index contributed by atoms with van der Waals surface area (Å²) in [4.78, 5) is 34.2. The van der Waals surface area contributed by atoms with Crippen molar-refractivity contribution in [3.8, 4) is 0 Å². The summed E-state index contributed by atoms with van der Waals surface area (Å²) in [5, 5.41) is 3.25. The number of nitrogens with one attached hydrogen (secondary N) is 1. The number of nitrogens with zero attached hydrogens (tertiary/aromatic N) is 3. The molecule has 20 heavy (non-hydrogen) atoms. The molecular weight excluding hydrogens is 276 g/mol. The van der Waals surface area contributed by atoms with Crippen LogP contribution in [0.5, 0.6) is 0 Å². The Morgan fingerprint density at radius 1 is 1.35 bits per heavy atom. The molecule has 1 aromatic rings. The van der Waals surface area contributed by atoms with Crippen LogP contribution in [-0.4, -0.2) is 52.6 Å². The Labute approximate surface area is 122 Å². The topological polar surface area (TPSA) is 75.2 Å². The van der Waals surface area contributed by atoms with Gasteiger partial charge in [0.1, 0.15) is 6.04 Å². The molecule has 2 rings (SSSR count). The van der Waals surface area contributed by atoms with E-state index in [2.05, 4.69) is 15.3 Å². The lowest BCUT2D eigenvalue weighted by Crippen LogP contribution is -2.51. The number of aromatic nitrogens is 2. The van der Waals surface area contributed by atoms with Crippen molar-refractivity contribution in [3.05, 3.63) is 18.0 Å². The summed E-state index contributed by atoms with van der Waals surface area (Å²) in [7, 11) is 1.59. The number of amides is 2. The van der Waals surface area contributed by atoms with Gasteiger partial charge in [-0.3, -0.25) is 9.59 Å². The minimum absolute atomic E-state index is 0.111. The largest absolute Gasteiger partial charge is 0.357 e. The van der Waals surface area contributed by atoms with E-state index in [-0.39, 0.29) is 17.9 Å². The van der Waals surface area contributed by atoms with E-state index in [9.17, 15) is 9.59 Å². The number of likely N-dealkylation sites (tertiary alicyclic amines) is 1. The molecule has 1 aliphatic rings. The van der Waals surface area contributed by atoms with Crippen LogP contribution in [0.1, 0.15) is 29.6 Å². The molecule has 1 N–H and O–H groups in total. The fraction of sp³-hybridized carbons (Fsp3) is 0.538. The van der Waals surface area contributed by atoms with E-state index in [1.54, 1.807) is 11.9 Å². The van der Waals surface area contributed by atoms with Gasteiger partial charge in [0, 0.05) is 26.0 Å². The third kappa shape index (κ3) is 3.09. The third-order valence-electron chi connectivity index (χ3n) is 3.37. The molecule has 0 bridgehead atoms. The van der Waals surface area contributed by atoms with Gasteiger partial charge in [-0.25, -0.2) is 9.97 Å². The Balaban J connectivity index is 2.18. The summed E-state index contributed by atoms with van der Waals surface area (Å²) in [5.74, 6) is -0.286. The Morgan fingerprint density at radius 3 is 2.65 bits per heavy atom. The highest BCUT2D eigenvalue weighted by Gasteiger charge is 2.32. The highest BCUT2D eigenvalue weighted by Crippen LogP contribution is 2.20. The van der Waals surface area contributed by atoms with Gasteiger partial charge in [-0.1, -0.05) is 11.8 Å². The molecule has 0 aliphatic carbocycles. The van der Waals surface area contributed by atoms with Gasteiger partial charge in [-0.15, -0.1) is 0 Å². The maximum absolute atomic E-state index is 12.5. The molecule has 2 heterocycles. The van der Waals surface area contributed by atoms with Crippen molar-refractivity contribution in [1.29, 1.82) is 0 Å². The maximum Gasteiger partial charge on any atom is 0.257 e. The minimum Gasteiger partial charge on any atom is -0.357 e. The average molecular weight is 294 g/mol. The number of rotatable bonds is 3. The lowest BCUT2D eigenvalue weighted by atomic mass is 10.0. The Bertz CT molecular complexity index is 492. The van der Waals surface area contributed by atoms with Gasteiger partial charge in [0.2, 0.25) is 5.91 Å². The summed E-state index contributed by atoms with van der Waals surface area (Å²) < 4.78 is 0. The van der Waals surface area contributed by atoms with E-state index in [1.807, 2.05) is 6.26 Å². The fourth-order valence-corrected chi connectivity index (χ4v) is 2.63. The lowest BCUT2D eigenvalue weighted by molar-refractivity contribution is -0.126. The number of hydrogen-bond acceptors (Lipinski definition) is 5. The quantitative estimate of drug-likeness (QED) is 0.663. The zero-order valence-corrected chi connectivity index (χ0v) is 12.4. The molecule has 1 saturated heterocycles. The van der Waals surface area contributed by atoms with Crippen LogP contribution in [0.2, 0.25) is 0 Å². The summed E-state index contributed by atoms with van der Waals surface area (Å²) >= 11 is 1.42. The number of carbonyl (C=O) groups is 2. The van der Waals surface area contributed by atoms with Crippen LogP contribution in [0, 0.1) is 0 Å². The minimum atomic E-state index is -0.388. The summed E-state index contributed by atoms with van der Waals surface area (Å²) in [6.07, 6.45) is 7.51. The molecule has 108 valence electrons. The van der Waals surface area contributed by atoms with Crippen LogP contribution in [0.25, 0.3) is 0 Å². The monoisotopic (exact) mass is 294 g/mol. The van der Waals surface area contributed by atoms with E-state index in [0.717, 1.165) is 12.8 Å². The molecule has 1 aliphatic heterocycles. The third-order valence-corrected chi connectivity index (χ3v) is 3.95. The van der Waals surface area contributed by atoms with Crippen LogP contribution in [-0.2, 0) is 4.79 Å². The van der Waals surface area contributed by atoms with Crippen LogP contribution in [0.15, 0.2) is 17.6 Å². The first-order valence-corrected chi connectivity index (χ1v) is 7.78. The second-order valence-corrected chi connectivity index (χ2v) is 5.36. The Kier molecular flexibility index (Phi) is 4.94. The average Bonchev–Trinajstić information content (AvgIpc) is 2.53. The Morgan fingerprint density at radius 2 is 2.05 bits per heavy atom. The highest BCUT2D eigenvalue weighted by molar-refractivity contribution is 7.98. The van der Waals surface area contributed by atoms with Crippen molar-refractivity contribution in [2.75, 3.05) is 19.8 Å². The summed E-state index contributed by atoms with van der Waals surface area (Å²) in [5.41, 5.74) is 0.429. The van der Waals surface area contributed by atoms with Gasteiger partial charge in [0.05, 0.1) is 5.56 Å². The molecule has 7 heteroatoms. The predicted molar refractivity (Wildman–Crippen MR) is 76.6 cm³/mol. The number of likely N-dealkylation sites (N-methyl/N-ethyl adjacent to an activating group) is 1. The van der Waals surface area contributed by atoms with E-state index < -0.39 is 0 Å². The summed E-state index contributed by atoms with van der Waals surface area (Å²) in [6, 6.07) is -0.388. The zero-order valence-electron chi connectivity index (χ0n) is 11.6. The molecule has 0 radical (unpaired) electrons. The van der Waals surface area contributed by atoms with E-state index in [0.29, 0.717) is 23.7 Å². The number of piperidine rings is 1. The van der Waals surface area contributed by atoms with Crippen molar-refractivity contribution in [2.24, 2.45) is 0 Å². The van der Waals surface area contributed by atoms with Crippen molar-refractivity contribution < 1.29 is 9.59 Å². The van der Waals surface area contributed by atoms with Crippen molar-refractivity contribution >= 4 is 23.6 Å². The second-order valence-electron chi connectivity index (χ2n) is 4.58. The van der Waals surface area contributed by atoms with Gasteiger partial charge in [-0.05, 0) is 25.5 Å². The highest BCUT2D eigenvalue weighted by atomic mass is 32.2. The first-order chi connectivity index (χ1) is 9.67. The van der Waals surface area contributed by atoms with Gasteiger partial charge in [-0.2, -0.15) is 0 Å². The van der Waals surface area contributed by atoms with E-state index in [4.69, 9.17) is 0 Å². The van der Waals surface area contributed by atoms with E-state index >= 15 is 0 Å². The number of thioether (sulfide) groups is 1. The first kappa shape index (κ1) is 14.8. The van der Waals surface area contributed by atoms with Crippen LogP contribution < -0.4 is 5.32 Å². The first-order valence-electron chi connectivity index (χ1n) is 6.56. The van der Waals surface area contributed by atoms with Crippen molar-refractivity contribution in [3.63, 3.8) is 0 Å². The van der Waals surface area contributed by atoms with Crippen LogP contribution in [0.4, 0.5) is 0 Å². The number of carbonyl (C=O) groups excluding carboxylic acids is 2. The van der Waals surface area contributed by atoms with Crippen LogP contribution >= 0.6 is 11.8 Å². The molecule has 2 amide bonds. The zero-order chi connectivity index (χ0) is 14.5. The normalized spacial score (nSPS) is 18.7. The molecule has 1 atom stereocenters. The lowest BCUT2D eigenvalue weighted by Gasteiger charge is -2.34. The van der Waals surface area contributed by atoms with Gasteiger partial charge in [0.25, 0.3) is 5.91 Å². The molecule has 1 fully saturated rings. The van der Waals surface area contributed by atoms with E-state index in [1.165, 1.54) is 24.2 Å². The molecule has 6 nitrogen and oxygen atoms in total. The second kappa shape index (κ2) is 6.69. The Hall–Kier alpha value is -1.63. The molecule has 0 spiro atoms. The smallest absolute Gasteiger partial charge is 0.257 e.